The average molecular weight is 958 g/mol. The zero-order chi connectivity index (χ0) is 46.7. The van der Waals surface area contributed by atoms with Crippen LogP contribution in [0.2, 0.25) is 0 Å². The maximum Gasteiger partial charge on any atom is 0.294 e. The summed E-state index contributed by atoms with van der Waals surface area (Å²) in [6, 6.07) is 15.9. The Labute approximate surface area is 381 Å². The molecule has 0 unspecified atom stereocenters. The molecular weight excluding hydrogens is 902 g/mol. The van der Waals surface area contributed by atoms with Crippen LogP contribution in [0.25, 0.3) is 16.3 Å². The molecule has 6 rings (SSSR count). The van der Waals surface area contributed by atoms with E-state index in [9.17, 15) is 44.0 Å². The predicted octanol–water partition coefficient (Wildman–Crippen LogP) is 8.23. The monoisotopic (exact) mass is 956 g/mol. The molecule has 0 saturated carbocycles. The van der Waals surface area contributed by atoms with Gasteiger partial charge in [-0.25, -0.2) is 4.99 Å². The highest BCUT2D eigenvalue weighted by Crippen LogP contribution is 2.47. The minimum atomic E-state index is -4.52. The first-order valence-electron chi connectivity index (χ1n) is 21.0. The van der Waals surface area contributed by atoms with Gasteiger partial charge in [0.2, 0.25) is 5.69 Å². The average Bonchev–Trinajstić information content (AvgIpc) is 3.59. The number of aliphatic hydroxyl groups is 1. The van der Waals surface area contributed by atoms with Gasteiger partial charge in [0, 0.05) is 54.5 Å². The van der Waals surface area contributed by atoms with Crippen molar-refractivity contribution in [1.82, 2.24) is 4.90 Å². The van der Waals surface area contributed by atoms with Gasteiger partial charge in [0.25, 0.3) is 30.4 Å². The molecule has 0 bridgehead atoms. The molecule has 18 heteroatoms. The van der Waals surface area contributed by atoms with E-state index in [1.807, 2.05) is 99.4 Å². The lowest BCUT2D eigenvalue weighted by Crippen LogP contribution is -2.32. The Morgan fingerprint density at radius 2 is 1.56 bits per heavy atom. The van der Waals surface area contributed by atoms with Crippen LogP contribution in [-0.2, 0) is 35.8 Å². The fraction of sp³-hybridized carbons (Fsp3) is 0.391. The molecule has 0 atom stereocenters. The van der Waals surface area contributed by atoms with Crippen molar-refractivity contribution in [3.05, 3.63) is 119 Å². The highest BCUT2D eigenvalue weighted by molar-refractivity contribution is 7.86. The Bertz CT molecular complexity index is 2880. The van der Waals surface area contributed by atoms with E-state index in [-0.39, 0.29) is 30.1 Å². The van der Waals surface area contributed by atoms with Crippen molar-refractivity contribution in [3.8, 4) is 5.75 Å². The van der Waals surface area contributed by atoms with Crippen molar-refractivity contribution < 1.29 is 53.3 Å². The molecule has 0 aliphatic carbocycles. The van der Waals surface area contributed by atoms with Crippen LogP contribution in [0.5, 0.6) is 5.75 Å². The normalized spacial score (nSPS) is 18.1. The highest BCUT2D eigenvalue weighted by atomic mass is 35.5. The first-order valence-corrected chi connectivity index (χ1v) is 26.0. The Morgan fingerprint density at radius 1 is 0.859 bits per heavy atom. The third kappa shape index (κ3) is 11.7. The zero-order valence-corrected chi connectivity index (χ0v) is 39.4. The summed E-state index contributed by atoms with van der Waals surface area (Å²) in [6.07, 6.45) is 14.1. The van der Waals surface area contributed by atoms with E-state index in [1.54, 1.807) is 12.3 Å². The number of rotatable bonds is 20. The molecule has 344 valence electrons. The van der Waals surface area contributed by atoms with Gasteiger partial charge < -0.3 is 14.7 Å². The second kappa shape index (κ2) is 19.6. The molecule has 0 amide bonds. The number of ether oxygens (including phenoxy) is 1. The number of aliphatic hydroxyl groups excluding tert-OH is 1. The molecule has 14 nitrogen and oxygen atoms in total. The summed E-state index contributed by atoms with van der Waals surface area (Å²) in [5, 5.41) is 11.2. The van der Waals surface area contributed by atoms with Crippen LogP contribution in [0.15, 0.2) is 117 Å². The van der Waals surface area contributed by atoms with Crippen molar-refractivity contribution in [1.29, 1.82) is 0 Å². The molecule has 4 N–H and O–H groups in total. The maximum atomic E-state index is 12.3. The largest absolute Gasteiger partial charge is 0.494 e. The molecule has 0 saturated heterocycles. The maximum absolute atomic E-state index is 12.3. The van der Waals surface area contributed by atoms with E-state index in [2.05, 4.69) is 4.58 Å². The number of hydrogen-bond donors (Lipinski definition) is 4. The van der Waals surface area contributed by atoms with Crippen molar-refractivity contribution in [3.63, 3.8) is 0 Å². The Hall–Kier alpha value is -4.46. The van der Waals surface area contributed by atoms with Crippen LogP contribution in [0.4, 0.5) is 5.69 Å². The molecule has 0 aromatic heterocycles. The van der Waals surface area contributed by atoms with Gasteiger partial charge in [-0.3, -0.25) is 13.7 Å². The standard InChI is InChI=1S/C46H54ClN3O11S3/c1-45(2)39-29-35(47)31-49(22-5-9-26-62(52,53)54)44(39)48-41(45)20-16-32(34-12-11-13-36(28-34)61-25-8-7-24-51)17-21-42-46(3,4)43-38-30-37(64(58,59)60)18-14-33(38)15-19-40(43)50(42)23-6-10-27-63(55,56)57/h11-21,28-31,51H,5-10,22-27H2,1-4H3,(H2-,52,53,54,55,56,57,58,59,60)/p+1. The van der Waals surface area contributed by atoms with Gasteiger partial charge in [0.1, 0.15) is 18.1 Å². The third-order valence-electron chi connectivity index (χ3n) is 11.6. The molecule has 0 spiro atoms. The fourth-order valence-electron chi connectivity index (χ4n) is 8.34. The van der Waals surface area contributed by atoms with Gasteiger partial charge in [-0.15, -0.1) is 0 Å². The summed E-state index contributed by atoms with van der Waals surface area (Å²) < 4.78 is 107. The Kier molecular flexibility index (Phi) is 15.0. The van der Waals surface area contributed by atoms with Crippen LogP contribution >= 0.6 is 11.6 Å². The number of fused-ring (bicyclic) bond motifs is 4. The summed E-state index contributed by atoms with van der Waals surface area (Å²) in [5.74, 6) is 0.572. The second-order valence-corrected chi connectivity index (χ2v) is 22.1. The SMILES string of the molecule is CC1(C)C2=CC(Cl)=CN(CCCCS(=O)(=O)O)C2=N/C1=C/C=C(/C=C/C1=[N+](CCCCS(=O)(=O)O)c2ccc3ccc(S(=O)(=O)O)cc3c2C1(C)C)c1cccc(OCCCCO)c1. The number of amidine groups is 1. The Morgan fingerprint density at radius 3 is 2.25 bits per heavy atom. The van der Waals surface area contributed by atoms with Gasteiger partial charge in [-0.1, -0.05) is 49.7 Å². The quantitative estimate of drug-likeness (QED) is 0.0365. The number of benzene rings is 3. The summed E-state index contributed by atoms with van der Waals surface area (Å²) in [6.45, 7) is 9.42. The lowest BCUT2D eigenvalue weighted by molar-refractivity contribution is -0.438. The molecule has 64 heavy (non-hydrogen) atoms. The molecule has 3 aromatic rings. The van der Waals surface area contributed by atoms with Gasteiger partial charge in [0.15, 0.2) is 5.71 Å². The molecule has 3 aliphatic heterocycles. The van der Waals surface area contributed by atoms with Crippen molar-refractivity contribution in [2.45, 2.75) is 76.5 Å². The summed E-state index contributed by atoms with van der Waals surface area (Å²) in [4.78, 5) is 6.74. The third-order valence-corrected chi connectivity index (χ3v) is 14.3. The molecule has 3 aromatic carbocycles. The number of aliphatic imine (C=N–C) groups is 1. The van der Waals surface area contributed by atoms with Crippen molar-refractivity contribution in [2.24, 2.45) is 10.4 Å². The van der Waals surface area contributed by atoms with Crippen LogP contribution in [-0.4, -0.2) is 103 Å². The van der Waals surface area contributed by atoms with E-state index >= 15 is 0 Å². The number of allylic oxidation sites excluding steroid dienone is 8. The summed E-state index contributed by atoms with van der Waals surface area (Å²) in [7, 11) is -12.8. The van der Waals surface area contributed by atoms with Crippen LogP contribution < -0.4 is 4.74 Å². The van der Waals surface area contributed by atoms with E-state index in [0.29, 0.717) is 67.4 Å². The first-order chi connectivity index (χ1) is 30.0. The van der Waals surface area contributed by atoms with Crippen molar-refractivity contribution in [2.75, 3.05) is 37.8 Å². The lowest BCUT2D eigenvalue weighted by atomic mass is 9.79. The number of unbranched alkanes of at least 4 members (excludes halogenated alkanes) is 3. The summed E-state index contributed by atoms with van der Waals surface area (Å²) in [5.41, 5.74) is 4.32. The van der Waals surface area contributed by atoms with Gasteiger partial charge >= 0.3 is 0 Å². The minimum Gasteiger partial charge on any atom is -0.494 e. The number of nitrogens with zero attached hydrogens (tertiary/aromatic N) is 3. The van der Waals surface area contributed by atoms with Crippen LogP contribution in [0, 0.1) is 5.41 Å². The molecular formula is C46H55ClN3O11S3+. The van der Waals surface area contributed by atoms with E-state index in [1.165, 1.54) is 12.1 Å². The molecule has 0 fully saturated rings. The fourth-order valence-corrected chi connectivity index (χ4v) is 10.2. The van der Waals surface area contributed by atoms with Crippen LogP contribution in [0.1, 0.15) is 77.3 Å². The van der Waals surface area contributed by atoms with E-state index < -0.39 is 46.9 Å². The second-order valence-electron chi connectivity index (χ2n) is 17.1. The zero-order valence-electron chi connectivity index (χ0n) is 36.2. The van der Waals surface area contributed by atoms with E-state index in [0.717, 1.165) is 44.8 Å². The first kappa shape index (κ1) is 49.0. The molecule has 0 radical (unpaired) electrons. The van der Waals surface area contributed by atoms with Crippen LogP contribution in [0.3, 0.4) is 0 Å². The summed E-state index contributed by atoms with van der Waals surface area (Å²) >= 11 is 6.61. The molecule has 3 aliphatic rings. The van der Waals surface area contributed by atoms with Gasteiger partial charge in [0.05, 0.1) is 39.2 Å². The van der Waals surface area contributed by atoms with Gasteiger partial charge in [-0.05, 0) is 116 Å². The predicted molar refractivity (Wildman–Crippen MR) is 251 cm³/mol. The number of halogens is 1. The minimum absolute atomic E-state index is 0.0648. The topological polar surface area (TPSA) is 211 Å². The smallest absolute Gasteiger partial charge is 0.294 e. The molecule has 3 heterocycles. The van der Waals surface area contributed by atoms with Gasteiger partial charge in [-0.2, -0.15) is 29.8 Å². The van der Waals surface area contributed by atoms with E-state index in [4.69, 9.17) is 21.3 Å². The highest BCUT2D eigenvalue weighted by Gasteiger charge is 2.46. The Balaban J connectivity index is 1.46. The lowest BCUT2D eigenvalue weighted by Gasteiger charge is -2.29. The number of hydrogen-bond acceptors (Lipinski definition) is 10. The van der Waals surface area contributed by atoms with Crippen molar-refractivity contribution >= 4 is 75.5 Å².